The van der Waals surface area contributed by atoms with Crippen molar-refractivity contribution in [2.75, 3.05) is 0 Å². The van der Waals surface area contributed by atoms with E-state index in [9.17, 15) is 0 Å². The average Bonchev–Trinajstić information content (AvgIpc) is 2.97. The van der Waals surface area contributed by atoms with Gasteiger partial charge in [0.25, 0.3) is 0 Å². The van der Waals surface area contributed by atoms with Gasteiger partial charge < -0.3 is 10.3 Å². The molecule has 2 N–H and O–H groups in total. The van der Waals surface area contributed by atoms with Crippen LogP contribution in [-0.2, 0) is 0 Å². The van der Waals surface area contributed by atoms with Crippen LogP contribution in [0.15, 0.2) is 47.0 Å². The number of halogens is 1. The van der Waals surface area contributed by atoms with Crippen LogP contribution in [0, 0.1) is 6.92 Å². The summed E-state index contributed by atoms with van der Waals surface area (Å²) in [6.07, 6.45) is 0. The summed E-state index contributed by atoms with van der Waals surface area (Å²) in [4.78, 5) is 8.67. The Morgan fingerprint density at radius 1 is 1.10 bits per heavy atom. The first kappa shape index (κ1) is 13.7. The Morgan fingerprint density at radius 2 is 1.90 bits per heavy atom. The van der Waals surface area contributed by atoms with Crippen molar-refractivity contribution in [3.63, 3.8) is 0 Å². The number of hydrogen-bond donors (Lipinski definition) is 1. The zero-order valence-electron chi connectivity index (χ0n) is 11.3. The van der Waals surface area contributed by atoms with Crippen molar-refractivity contribution >= 4 is 11.6 Å². The third-order valence-electron chi connectivity index (χ3n) is 3.07. The van der Waals surface area contributed by atoms with Crippen LogP contribution in [-0.4, -0.2) is 15.1 Å². The Bertz CT molecular complexity index is 772. The Hall–Kier alpha value is -2.24. The van der Waals surface area contributed by atoms with E-state index in [1.807, 2.05) is 43.3 Å². The van der Waals surface area contributed by atoms with Gasteiger partial charge in [-0.25, -0.2) is 4.98 Å². The zero-order chi connectivity index (χ0) is 14.8. The van der Waals surface area contributed by atoms with Crippen molar-refractivity contribution in [1.82, 2.24) is 15.1 Å². The van der Waals surface area contributed by atoms with Gasteiger partial charge >= 0.3 is 0 Å². The lowest BCUT2D eigenvalue weighted by molar-refractivity contribution is 0.367. The maximum Gasteiger partial charge on any atom is 0.248 e. The molecule has 1 atom stereocenters. The van der Waals surface area contributed by atoms with Gasteiger partial charge in [0.05, 0.1) is 0 Å². The van der Waals surface area contributed by atoms with Crippen molar-refractivity contribution in [2.45, 2.75) is 13.0 Å². The zero-order valence-corrected chi connectivity index (χ0v) is 12.1. The highest BCUT2D eigenvalue weighted by molar-refractivity contribution is 6.31. The molecule has 0 spiro atoms. The molecule has 21 heavy (non-hydrogen) atoms. The second kappa shape index (κ2) is 5.63. The Labute approximate surface area is 126 Å². The van der Waals surface area contributed by atoms with Crippen molar-refractivity contribution in [2.24, 2.45) is 5.73 Å². The number of pyridine rings is 1. The second-order valence-electron chi connectivity index (χ2n) is 4.62. The molecule has 1 aromatic carbocycles. The van der Waals surface area contributed by atoms with E-state index in [0.29, 0.717) is 22.4 Å². The Kier molecular flexibility index (Phi) is 3.68. The Morgan fingerprint density at radius 3 is 2.67 bits per heavy atom. The third-order valence-corrected chi connectivity index (χ3v) is 3.41. The topological polar surface area (TPSA) is 77.8 Å². The van der Waals surface area contributed by atoms with E-state index in [1.54, 1.807) is 6.07 Å². The van der Waals surface area contributed by atoms with Crippen molar-refractivity contribution < 1.29 is 4.52 Å². The molecule has 106 valence electrons. The van der Waals surface area contributed by atoms with Gasteiger partial charge in [0.15, 0.2) is 0 Å². The maximum absolute atomic E-state index is 6.14. The molecule has 0 unspecified atom stereocenters. The summed E-state index contributed by atoms with van der Waals surface area (Å²) >= 11 is 6.13. The van der Waals surface area contributed by atoms with Gasteiger partial charge in [-0.15, -0.1) is 0 Å². The van der Waals surface area contributed by atoms with E-state index in [2.05, 4.69) is 15.1 Å². The van der Waals surface area contributed by atoms with Gasteiger partial charge in [0.1, 0.15) is 11.7 Å². The molecule has 2 heterocycles. The molecule has 2 aromatic heterocycles. The fraction of sp³-hybridized carbons (Fsp3) is 0.133. The van der Waals surface area contributed by atoms with Crippen LogP contribution in [0.3, 0.4) is 0 Å². The average molecular weight is 301 g/mol. The summed E-state index contributed by atoms with van der Waals surface area (Å²) < 4.78 is 5.25. The fourth-order valence-corrected chi connectivity index (χ4v) is 2.25. The predicted octanol–water partition coefficient (Wildman–Crippen LogP) is 3.14. The molecule has 0 aliphatic carbocycles. The molecule has 0 saturated carbocycles. The molecule has 0 radical (unpaired) electrons. The molecule has 5 nitrogen and oxygen atoms in total. The normalized spacial score (nSPS) is 12.3. The standard InChI is InChI=1S/C15H13ClN4O/c1-9-5-4-8-12(18-9)14-19-15(21-20-14)13(17)10-6-2-3-7-11(10)16/h2-8,13H,17H2,1H3/t13-/m1/s1. The highest BCUT2D eigenvalue weighted by Gasteiger charge is 2.19. The molecule has 0 saturated heterocycles. The largest absolute Gasteiger partial charge is 0.337 e. The van der Waals surface area contributed by atoms with Gasteiger partial charge in [-0.1, -0.05) is 41.0 Å². The van der Waals surface area contributed by atoms with E-state index in [-0.39, 0.29) is 0 Å². The number of aryl methyl sites for hydroxylation is 1. The molecule has 0 fully saturated rings. The van der Waals surface area contributed by atoms with Crippen LogP contribution < -0.4 is 5.73 Å². The number of rotatable bonds is 3. The van der Waals surface area contributed by atoms with Gasteiger partial charge in [-0.05, 0) is 30.7 Å². The second-order valence-corrected chi connectivity index (χ2v) is 5.03. The van der Waals surface area contributed by atoms with Crippen LogP contribution in [0.25, 0.3) is 11.5 Å². The summed E-state index contributed by atoms with van der Waals surface area (Å²) in [7, 11) is 0. The molecular weight excluding hydrogens is 288 g/mol. The van der Waals surface area contributed by atoms with Gasteiger partial charge in [0, 0.05) is 10.7 Å². The highest BCUT2D eigenvalue weighted by atomic mass is 35.5. The van der Waals surface area contributed by atoms with Crippen molar-refractivity contribution in [1.29, 1.82) is 0 Å². The van der Waals surface area contributed by atoms with Crippen LogP contribution >= 0.6 is 11.6 Å². The minimum atomic E-state index is -0.565. The van der Waals surface area contributed by atoms with Crippen LogP contribution in [0.5, 0.6) is 0 Å². The van der Waals surface area contributed by atoms with E-state index < -0.39 is 6.04 Å². The van der Waals surface area contributed by atoms with Gasteiger partial charge in [-0.2, -0.15) is 4.98 Å². The fourth-order valence-electron chi connectivity index (χ4n) is 1.99. The third kappa shape index (κ3) is 2.79. The lowest BCUT2D eigenvalue weighted by Gasteiger charge is -2.08. The summed E-state index contributed by atoms with van der Waals surface area (Å²) in [5.74, 6) is 0.720. The number of benzene rings is 1. The van der Waals surface area contributed by atoms with Crippen molar-refractivity contribution in [3.05, 3.63) is 64.6 Å². The summed E-state index contributed by atoms with van der Waals surface area (Å²) in [5.41, 5.74) is 8.41. The number of aromatic nitrogens is 3. The van der Waals surface area contributed by atoms with Crippen LogP contribution in [0.1, 0.15) is 23.2 Å². The SMILES string of the molecule is Cc1cccc(-c2noc([C@H](N)c3ccccc3Cl)n2)n1. The smallest absolute Gasteiger partial charge is 0.248 e. The predicted molar refractivity (Wildman–Crippen MR) is 79.7 cm³/mol. The number of nitrogens with zero attached hydrogens (tertiary/aromatic N) is 3. The lowest BCUT2D eigenvalue weighted by Crippen LogP contribution is -2.12. The molecule has 0 aliphatic heterocycles. The van der Waals surface area contributed by atoms with Gasteiger partial charge in [0.2, 0.25) is 11.7 Å². The van der Waals surface area contributed by atoms with E-state index in [4.69, 9.17) is 21.9 Å². The lowest BCUT2D eigenvalue weighted by atomic mass is 10.1. The first-order valence-electron chi connectivity index (χ1n) is 6.43. The van der Waals surface area contributed by atoms with Gasteiger partial charge in [-0.3, -0.25) is 0 Å². The minimum absolute atomic E-state index is 0.307. The first-order valence-corrected chi connectivity index (χ1v) is 6.80. The molecule has 6 heteroatoms. The van der Waals surface area contributed by atoms with E-state index >= 15 is 0 Å². The summed E-state index contributed by atoms with van der Waals surface area (Å²) in [6.45, 7) is 1.90. The molecule has 0 amide bonds. The molecule has 0 bridgehead atoms. The first-order chi connectivity index (χ1) is 10.1. The quantitative estimate of drug-likeness (QED) is 0.804. The van der Waals surface area contributed by atoms with Crippen LogP contribution in [0.4, 0.5) is 0 Å². The number of nitrogens with two attached hydrogens (primary N) is 1. The summed E-state index contributed by atoms with van der Waals surface area (Å²) in [5, 5.41) is 4.50. The molecule has 0 aliphatic rings. The Balaban J connectivity index is 1.93. The highest BCUT2D eigenvalue weighted by Crippen LogP contribution is 2.26. The molecule has 3 rings (SSSR count). The maximum atomic E-state index is 6.14. The monoisotopic (exact) mass is 300 g/mol. The summed E-state index contributed by atoms with van der Waals surface area (Å²) in [6, 6.07) is 12.4. The number of hydrogen-bond acceptors (Lipinski definition) is 5. The van der Waals surface area contributed by atoms with E-state index in [0.717, 1.165) is 11.3 Å². The van der Waals surface area contributed by atoms with Crippen LogP contribution in [0.2, 0.25) is 5.02 Å². The van der Waals surface area contributed by atoms with E-state index in [1.165, 1.54) is 0 Å². The van der Waals surface area contributed by atoms with Crippen molar-refractivity contribution in [3.8, 4) is 11.5 Å². The molecular formula is C15H13ClN4O. The molecule has 3 aromatic rings. The minimum Gasteiger partial charge on any atom is -0.337 e.